The molecule has 0 radical (unpaired) electrons. The third-order valence-electron chi connectivity index (χ3n) is 4.22. The summed E-state index contributed by atoms with van der Waals surface area (Å²) in [6.45, 7) is 10.4. The van der Waals surface area contributed by atoms with E-state index in [9.17, 15) is 9.59 Å². The molecule has 24 heavy (non-hydrogen) atoms. The Hall–Kier alpha value is -0.590. The number of hydrogen-bond donors (Lipinski definition) is 1. The van der Waals surface area contributed by atoms with Gasteiger partial charge in [-0.15, -0.1) is 0 Å². The van der Waals surface area contributed by atoms with Gasteiger partial charge in [0.15, 0.2) is 0 Å². The van der Waals surface area contributed by atoms with Crippen molar-refractivity contribution in [1.29, 1.82) is 0 Å². The molecule has 5 heteroatoms. The average molecular weight is 451 g/mol. The number of nitrogens with two attached hydrogens (primary N) is 1. The van der Waals surface area contributed by atoms with Crippen molar-refractivity contribution in [3.05, 3.63) is 10.2 Å². The molecule has 0 aliphatic rings. The fourth-order valence-electron chi connectivity index (χ4n) is 2.47. The van der Waals surface area contributed by atoms with Gasteiger partial charge in [0.2, 0.25) is 5.91 Å². The third-order valence-corrected chi connectivity index (χ3v) is 4.73. The van der Waals surface area contributed by atoms with Crippen LogP contribution in [0.5, 0.6) is 0 Å². The summed E-state index contributed by atoms with van der Waals surface area (Å²) in [5.41, 5.74) is 5.08. The molecule has 2 N–H and O–H groups in total. The lowest BCUT2D eigenvalue weighted by atomic mass is 9.82. The number of allylic oxidation sites excluding steroid dienone is 1. The van der Waals surface area contributed by atoms with E-state index in [2.05, 4.69) is 56.4 Å². The number of ether oxygens (including phenoxy) is 1. The highest BCUT2D eigenvalue weighted by Crippen LogP contribution is 2.30. The van der Waals surface area contributed by atoms with Gasteiger partial charge in [-0.05, 0) is 41.1 Å². The minimum absolute atomic E-state index is 0.0902. The number of hydrogen-bond acceptors (Lipinski definition) is 3. The molecule has 0 spiro atoms. The van der Waals surface area contributed by atoms with E-state index in [0.717, 1.165) is 32.1 Å². The van der Waals surface area contributed by atoms with Crippen LogP contribution in [-0.4, -0.2) is 18.0 Å². The SMILES string of the molecule is C[C@H](CCCC(N)=O)C[C@H](OC(=O)[C@H](C)CC/C=C/I)C(C)(C)C. The number of carbonyl (C=O) groups is 2. The van der Waals surface area contributed by atoms with E-state index in [0.29, 0.717) is 12.3 Å². The van der Waals surface area contributed by atoms with Crippen molar-refractivity contribution in [2.45, 2.75) is 79.2 Å². The third kappa shape index (κ3) is 11.0. The lowest BCUT2D eigenvalue weighted by Gasteiger charge is -2.33. The zero-order valence-corrected chi connectivity index (χ0v) is 18.0. The molecular weight excluding hydrogens is 417 g/mol. The smallest absolute Gasteiger partial charge is 0.308 e. The molecule has 0 aromatic heterocycles. The largest absolute Gasteiger partial charge is 0.462 e. The van der Waals surface area contributed by atoms with Gasteiger partial charge in [0, 0.05) is 6.42 Å². The Bertz CT molecular complexity index is 415. The molecule has 1 amide bonds. The number of carbonyl (C=O) groups excluding carboxylic acids is 2. The van der Waals surface area contributed by atoms with Gasteiger partial charge in [0.1, 0.15) is 6.10 Å². The molecule has 140 valence electrons. The number of rotatable bonds is 11. The van der Waals surface area contributed by atoms with Crippen molar-refractivity contribution in [3.8, 4) is 0 Å². The highest BCUT2D eigenvalue weighted by Gasteiger charge is 2.31. The van der Waals surface area contributed by atoms with E-state index in [1.165, 1.54) is 0 Å². The molecule has 0 heterocycles. The summed E-state index contributed by atoms with van der Waals surface area (Å²) in [5.74, 6) is -0.0669. The highest BCUT2D eigenvalue weighted by atomic mass is 127. The van der Waals surface area contributed by atoms with Gasteiger partial charge in [-0.25, -0.2) is 0 Å². The second-order valence-electron chi connectivity index (χ2n) is 7.83. The monoisotopic (exact) mass is 451 g/mol. The highest BCUT2D eigenvalue weighted by molar-refractivity contribution is 14.1. The van der Waals surface area contributed by atoms with Crippen molar-refractivity contribution < 1.29 is 14.3 Å². The van der Waals surface area contributed by atoms with Gasteiger partial charge < -0.3 is 10.5 Å². The maximum Gasteiger partial charge on any atom is 0.308 e. The number of esters is 1. The molecule has 0 aliphatic carbocycles. The van der Waals surface area contributed by atoms with E-state index >= 15 is 0 Å². The molecule has 0 aliphatic heterocycles. The molecule has 0 saturated carbocycles. The van der Waals surface area contributed by atoms with Crippen LogP contribution in [0.2, 0.25) is 0 Å². The van der Waals surface area contributed by atoms with Crippen LogP contribution in [0.25, 0.3) is 0 Å². The summed E-state index contributed by atoms with van der Waals surface area (Å²) < 4.78 is 7.82. The van der Waals surface area contributed by atoms with Gasteiger partial charge >= 0.3 is 5.97 Å². The van der Waals surface area contributed by atoms with Gasteiger partial charge in [-0.3, -0.25) is 9.59 Å². The van der Waals surface area contributed by atoms with Crippen molar-refractivity contribution in [2.24, 2.45) is 23.0 Å². The second kappa shape index (κ2) is 11.9. The van der Waals surface area contributed by atoms with Crippen molar-refractivity contribution >= 4 is 34.5 Å². The van der Waals surface area contributed by atoms with Crippen molar-refractivity contribution in [1.82, 2.24) is 0 Å². The van der Waals surface area contributed by atoms with Gasteiger partial charge in [0.25, 0.3) is 0 Å². The molecule has 0 unspecified atom stereocenters. The topological polar surface area (TPSA) is 69.4 Å². The Kier molecular flexibility index (Phi) is 11.6. The van der Waals surface area contributed by atoms with Crippen LogP contribution in [0.1, 0.15) is 73.1 Å². The van der Waals surface area contributed by atoms with E-state index in [1.54, 1.807) is 0 Å². The van der Waals surface area contributed by atoms with Crippen LogP contribution < -0.4 is 5.73 Å². The predicted octanol–water partition coefficient (Wildman–Crippen LogP) is 4.99. The van der Waals surface area contributed by atoms with Gasteiger partial charge in [0.05, 0.1) is 5.92 Å². The quantitative estimate of drug-likeness (QED) is 0.355. The zero-order chi connectivity index (χ0) is 18.8. The van der Waals surface area contributed by atoms with Crippen LogP contribution in [0.15, 0.2) is 10.2 Å². The lowest BCUT2D eigenvalue weighted by Crippen LogP contribution is -2.35. The minimum Gasteiger partial charge on any atom is -0.462 e. The Morgan fingerprint density at radius 3 is 2.33 bits per heavy atom. The van der Waals surface area contributed by atoms with Gasteiger partial charge in [-0.1, -0.05) is 69.7 Å². The summed E-state index contributed by atoms with van der Waals surface area (Å²) in [4.78, 5) is 23.2. The Morgan fingerprint density at radius 2 is 1.83 bits per heavy atom. The van der Waals surface area contributed by atoms with Crippen molar-refractivity contribution in [3.63, 3.8) is 0 Å². The Morgan fingerprint density at radius 1 is 1.21 bits per heavy atom. The van der Waals surface area contributed by atoms with E-state index in [1.807, 2.05) is 11.0 Å². The zero-order valence-electron chi connectivity index (χ0n) is 15.8. The maximum atomic E-state index is 12.4. The molecular formula is C19H34INO3. The van der Waals surface area contributed by atoms with Crippen LogP contribution >= 0.6 is 22.6 Å². The summed E-state index contributed by atoms with van der Waals surface area (Å²) in [6, 6.07) is 0. The standard InChI is InChI=1S/C19H34INO3/c1-14(9-8-11-17(21)22)13-16(19(3,4)5)24-18(23)15(2)10-6-7-12-20/h7,12,14-16H,6,8-11,13H2,1-5H3,(H2,21,22)/b12-7+/t14-,15-,16+/m1/s1. The van der Waals surface area contributed by atoms with Gasteiger partial charge in [-0.2, -0.15) is 0 Å². The van der Waals surface area contributed by atoms with Crippen LogP contribution in [0.3, 0.4) is 0 Å². The van der Waals surface area contributed by atoms with E-state index in [-0.39, 0.29) is 29.3 Å². The number of halogens is 1. The number of amides is 1. The first-order valence-electron chi connectivity index (χ1n) is 8.82. The second-order valence-corrected chi connectivity index (χ2v) is 8.55. The summed E-state index contributed by atoms with van der Waals surface area (Å²) in [5, 5.41) is 0. The predicted molar refractivity (Wildman–Crippen MR) is 108 cm³/mol. The summed E-state index contributed by atoms with van der Waals surface area (Å²) >= 11 is 2.18. The molecule has 0 saturated heterocycles. The summed E-state index contributed by atoms with van der Waals surface area (Å²) in [7, 11) is 0. The first-order valence-corrected chi connectivity index (χ1v) is 10.1. The van der Waals surface area contributed by atoms with E-state index < -0.39 is 0 Å². The first-order chi connectivity index (χ1) is 11.1. The molecule has 3 atom stereocenters. The molecule has 0 bridgehead atoms. The Labute approximate surface area is 161 Å². The Balaban J connectivity index is 4.56. The van der Waals surface area contributed by atoms with E-state index in [4.69, 9.17) is 10.5 Å². The fourth-order valence-corrected chi connectivity index (χ4v) is 2.83. The maximum absolute atomic E-state index is 12.4. The lowest BCUT2D eigenvalue weighted by molar-refractivity contribution is -0.160. The molecule has 0 fully saturated rings. The van der Waals surface area contributed by atoms with Crippen LogP contribution in [-0.2, 0) is 14.3 Å². The normalized spacial score (nSPS) is 15.9. The minimum atomic E-state index is -0.254. The first kappa shape index (κ1) is 23.4. The van der Waals surface area contributed by atoms with Crippen LogP contribution in [0.4, 0.5) is 0 Å². The molecule has 0 aromatic carbocycles. The van der Waals surface area contributed by atoms with Crippen LogP contribution in [0, 0.1) is 17.3 Å². The number of primary amides is 1. The average Bonchev–Trinajstić information content (AvgIpc) is 2.45. The fraction of sp³-hybridized carbons (Fsp3) is 0.789. The molecule has 4 nitrogen and oxygen atoms in total. The summed E-state index contributed by atoms with van der Waals surface area (Å²) in [6.07, 6.45) is 6.60. The molecule has 0 aromatic rings. The van der Waals surface area contributed by atoms with Crippen molar-refractivity contribution in [2.75, 3.05) is 0 Å². The molecule has 0 rings (SSSR count).